The van der Waals surface area contributed by atoms with Crippen molar-refractivity contribution >= 4 is 17.8 Å². The van der Waals surface area contributed by atoms with Crippen LogP contribution in [-0.2, 0) is 66.5 Å². The molecule has 6 fully saturated rings. The lowest BCUT2D eigenvalue weighted by atomic mass is 9.88. The Morgan fingerprint density at radius 3 is 1.60 bits per heavy atom. The Balaban J connectivity index is 1.41. The van der Waals surface area contributed by atoms with Gasteiger partial charge in [-0.05, 0) is 6.92 Å². The molecule has 6 rings (SSSR count). The number of carboxylic acids is 1. The van der Waals surface area contributed by atoms with Gasteiger partial charge in [0.25, 0.3) is 5.79 Å². The summed E-state index contributed by atoms with van der Waals surface area (Å²) in [6.45, 7) is -2.34. The zero-order valence-electron chi connectivity index (χ0n) is 41.8. The number of aliphatic hydroxyl groups excluding tert-OH is 18. The molecule has 78 heavy (non-hydrogen) atoms. The van der Waals surface area contributed by atoms with Gasteiger partial charge in [-0.2, -0.15) is 0 Å². The molecule has 35 heteroatoms. The molecular weight excluding hydrogens is 1070 g/mol. The number of hydrogen-bond donors (Lipinski definition) is 21. The van der Waals surface area contributed by atoms with Gasteiger partial charge in [0.1, 0.15) is 134 Å². The Hall–Kier alpha value is -2.75. The van der Waals surface area contributed by atoms with Crippen LogP contribution in [0.2, 0.25) is 0 Å². The molecular formula is C43H72N2O33. The van der Waals surface area contributed by atoms with Gasteiger partial charge in [-0.1, -0.05) is 0 Å². The third-order valence-electron chi connectivity index (χ3n) is 14.2. The van der Waals surface area contributed by atoms with Crippen LogP contribution in [0.25, 0.3) is 0 Å². The zero-order chi connectivity index (χ0) is 58.0. The Bertz CT molecular complexity index is 1950. The van der Waals surface area contributed by atoms with E-state index in [1.807, 2.05) is 0 Å². The molecule has 0 aromatic carbocycles. The van der Waals surface area contributed by atoms with Gasteiger partial charge >= 0.3 is 5.97 Å². The van der Waals surface area contributed by atoms with Crippen molar-refractivity contribution in [3.63, 3.8) is 0 Å². The number of rotatable bonds is 20. The summed E-state index contributed by atoms with van der Waals surface area (Å²) in [5.74, 6) is -7.01. The van der Waals surface area contributed by atoms with Crippen LogP contribution >= 0.6 is 0 Å². The zero-order valence-corrected chi connectivity index (χ0v) is 41.8. The van der Waals surface area contributed by atoms with Gasteiger partial charge in [0, 0.05) is 20.3 Å². The predicted octanol–water partition coefficient (Wildman–Crippen LogP) is -13.6. The summed E-state index contributed by atoms with van der Waals surface area (Å²) in [5, 5.41) is 209. The normalized spacial score (nSPS) is 48.1. The number of aliphatic hydroxyl groups is 18. The minimum absolute atomic E-state index is 0.835. The van der Waals surface area contributed by atoms with Crippen LogP contribution in [0.5, 0.6) is 0 Å². The Kier molecular flexibility index (Phi) is 22.4. The van der Waals surface area contributed by atoms with Crippen LogP contribution in [0.3, 0.4) is 0 Å². The highest BCUT2D eigenvalue weighted by molar-refractivity contribution is 5.76. The van der Waals surface area contributed by atoms with Crippen LogP contribution in [-0.4, -0.2) is 338 Å². The third kappa shape index (κ3) is 13.7. The number of amides is 2. The van der Waals surface area contributed by atoms with Gasteiger partial charge in [0.2, 0.25) is 11.8 Å². The van der Waals surface area contributed by atoms with E-state index >= 15 is 0 Å². The lowest BCUT2D eigenvalue weighted by Crippen LogP contribution is -2.71. The molecule has 452 valence electrons. The summed E-state index contributed by atoms with van der Waals surface area (Å²) in [5.41, 5.74) is 0. The molecule has 0 aromatic heterocycles. The van der Waals surface area contributed by atoms with Crippen molar-refractivity contribution in [3.8, 4) is 0 Å². The lowest BCUT2D eigenvalue weighted by Gasteiger charge is -2.51. The highest BCUT2D eigenvalue weighted by Crippen LogP contribution is 2.39. The molecule has 0 aromatic rings. The number of nitrogens with one attached hydrogen (secondary N) is 2. The second-order valence-electron chi connectivity index (χ2n) is 19.7. The lowest BCUT2D eigenvalue weighted by molar-refractivity contribution is -0.392. The third-order valence-corrected chi connectivity index (χ3v) is 14.2. The highest BCUT2D eigenvalue weighted by Gasteiger charge is 2.60. The smallest absolute Gasteiger partial charge is 0.364 e. The van der Waals surface area contributed by atoms with Gasteiger partial charge in [-0.25, -0.2) is 4.79 Å². The molecule has 0 radical (unpaired) electrons. The van der Waals surface area contributed by atoms with E-state index in [1.165, 1.54) is 6.92 Å². The number of carboxylic acid groups (broad SMARTS) is 1. The highest BCUT2D eigenvalue weighted by atomic mass is 16.8. The van der Waals surface area contributed by atoms with Gasteiger partial charge in [-0.15, -0.1) is 0 Å². The molecule has 6 saturated heterocycles. The second kappa shape index (κ2) is 27.1. The van der Waals surface area contributed by atoms with Crippen molar-refractivity contribution in [1.29, 1.82) is 0 Å². The number of hydrogen-bond acceptors (Lipinski definition) is 32. The SMILES string of the molecule is CC(=O)N[C@H]1[C@H](O[C@H]2[C@@H](O)[C@@H](CO)O[C@@H](O[C@@H]3[C@@H](O)[C@H](O)O[C@H](CO)[C@H]3O)[C@@H]2O)O[C@H](CO[C@]2(C(=O)O)C[C@H](O)[C@@H](NC(C)=O)[C@H]([C@H](O)[C@H](O)CO)O2)[C@@H](O)[C@@H]1O[C@@H]1O[C@H](CO)[C@H](O)[C@H](O)[C@H]1O[C@@H]1O[C@@H](C)[C@@H](O)[C@@H](O)[C@@H]1O. The maximum absolute atomic E-state index is 13.2. The van der Waals surface area contributed by atoms with Gasteiger partial charge < -0.3 is 160 Å². The first kappa shape index (κ1) is 64.4. The molecule has 0 bridgehead atoms. The van der Waals surface area contributed by atoms with E-state index in [1.54, 1.807) is 0 Å². The van der Waals surface area contributed by atoms with E-state index in [4.69, 9.17) is 52.1 Å². The summed E-state index contributed by atoms with van der Waals surface area (Å²) >= 11 is 0. The van der Waals surface area contributed by atoms with E-state index in [-0.39, 0.29) is 0 Å². The molecule has 6 aliphatic rings. The van der Waals surface area contributed by atoms with Crippen molar-refractivity contribution in [2.24, 2.45) is 0 Å². The average Bonchev–Trinajstić information content (AvgIpc) is 3.46. The molecule has 0 saturated carbocycles. The standard InChI is InChI=1S/C43H72N2O33/c1-10-21(54)27(60)29(62)39(69-10)77-36-28(61)23(56)15(6-47)72-41(36)74-32-20(45-12(3)51)38(75-35-25(58)17(8-49)71-40(31(35)64)76-34-24(57)16(7-48)70-37(65)30(34)63)73-18(26(32)59)9-68-43(42(66)67)4-13(52)19(44-11(2)50)33(78-43)22(55)14(53)5-46/h10,13-41,46-49,52-65H,4-9H2,1-3H3,(H,44,50)(H,45,51)(H,66,67)/t10-,13-,14+,15+,16+,17+,18+,19+,20+,21+,22+,23-,24+,25-,26+,27+,28-,29-,30+,31+,32+,33+,34-,35-,36+,37+,38-,39-,40-,41-,43+/m0/s1. The Morgan fingerprint density at radius 2 is 1.03 bits per heavy atom. The first-order valence-electron chi connectivity index (χ1n) is 24.6. The summed E-state index contributed by atoms with van der Waals surface area (Å²) in [6, 6.07) is -3.69. The largest absolute Gasteiger partial charge is 0.477 e. The molecule has 0 aliphatic carbocycles. The molecule has 0 unspecified atom stereocenters. The van der Waals surface area contributed by atoms with Crippen LogP contribution in [0.4, 0.5) is 0 Å². The van der Waals surface area contributed by atoms with Crippen LogP contribution in [0, 0.1) is 0 Å². The van der Waals surface area contributed by atoms with Gasteiger partial charge in [0.15, 0.2) is 31.5 Å². The quantitative estimate of drug-likeness (QED) is 0.0538. The van der Waals surface area contributed by atoms with Crippen molar-refractivity contribution in [1.82, 2.24) is 10.6 Å². The second-order valence-corrected chi connectivity index (χ2v) is 19.7. The fraction of sp³-hybridized carbons (Fsp3) is 0.930. The Morgan fingerprint density at radius 1 is 0.538 bits per heavy atom. The van der Waals surface area contributed by atoms with E-state index in [2.05, 4.69) is 10.6 Å². The molecule has 31 atom stereocenters. The number of aliphatic carboxylic acids is 1. The molecule has 35 nitrogen and oxygen atoms in total. The van der Waals surface area contributed by atoms with Crippen LogP contribution in [0.15, 0.2) is 0 Å². The van der Waals surface area contributed by atoms with E-state index < -0.39 is 247 Å². The molecule has 0 spiro atoms. The average molecular weight is 1150 g/mol. The van der Waals surface area contributed by atoms with E-state index in [0.29, 0.717) is 0 Å². The first-order chi connectivity index (χ1) is 36.6. The van der Waals surface area contributed by atoms with Crippen molar-refractivity contribution in [2.75, 3.05) is 33.0 Å². The fourth-order valence-electron chi connectivity index (χ4n) is 9.82. The molecule has 21 N–H and O–H groups in total. The van der Waals surface area contributed by atoms with Gasteiger partial charge in [0.05, 0.1) is 51.3 Å². The number of carbonyl (C=O) groups is 3. The van der Waals surface area contributed by atoms with E-state index in [0.717, 1.165) is 13.8 Å². The Labute approximate surface area is 441 Å². The van der Waals surface area contributed by atoms with Crippen LogP contribution in [0.1, 0.15) is 27.2 Å². The summed E-state index contributed by atoms with van der Waals surface area (Å²) in [4.78, 5) is 38.4. The molecule has 6 aliphatic heterocycles. The molecule has 2 amide bonds. The van der Waals surface area contributed by atoms with Crippen molar-refractivity contribution in [2.45, 2.75) is 217 Å². The molecule has 6 heterocycles. The topological polar surface area (TPSA) is 561 Å². The minimum atomic E-state index is -3.14. The summed E-state index contributed by atoms with van der Waals surface area (Å²) in [6.07, 6.45) is -58.0. The van der Waals surface area contributed by atoms with Crippen molar-refractivity contribution in [3.05, 3.63) is 0 Å². The maximum Gasteiger partial charge on any atom is 0.364 e. The monoisotopic (exact) mass is 1140 g/mol. The fourth-order valence-corrected chi connectivity index (χ4v) is 9.82. The predicted molar refractivity (Wildman–Crippen MR) is 238 cm³/mol. The van der Waals surface area contributed by atoms with Gasteiger partial charge in [-0.3, -0.25) is 9.59 Å². The minimum Gasteiger partial charge on any atom is -0.477 e. The summed E-state index contributed by atoms with van der Waals surface area (Å²) < 4.78 is 63.1. The number of carbonyl (C=O) groups excluding carboxylic acids is 2. The van der Waals surface area contributed by atoms with Crippen LogP contribution < -0.4 is 10.6 Å². The number of ether oxygens (including phenoxy) is 11. The summed E-state index contributed by atoms with van der Waals surface area (Å²) in [7, 11) is 0. The first-order valence-corrected chi connectivity index (χ1v) is 24.6. The van der Waals surface area contributed by atoms with Crippen molar-refractivity contribution < 1.29 is 164 Å². The maximum atomic E-state index is 13.2. The van der Waals surface area contributed by atoms with E-state index in [9.17, 15) is 111 Å².